The number of carbonyl (C=O) groups excluding carboxylic acids is 3. The van der Waals surface area contributed by atoms with Crippen LogP contribution in [0.15, 0.2) is 28.6 Å². The monoisotopic (exact) mass is 406 g/mol. The zero-order valence-electron chi connectivity index (χ0n) is 14.6. The first-order valence-corrected chi connectivity index (χ1v) is 10.2. The van der Waals surface area contributed by atoms with Crippen molar-refractivity contribution in [3.63, 3.8) is 0 Å². The molecule has 1 aliphatic carbocycles. The van der Waals surface area contributed by atoms with E-state index < -0.39 is 5.97 Å². The Morgan fingerprint density at radius 3 is 2.74 bits per heavy atom. The van der Waals surface area contributed by atoms with E-state index in [1.807, 2.05) is 0 Å². The van der Waals surface area contributed by atoms with Gasteiger partial charge >= 0.3 is 5.97 Å². The van der Waals surface area contributed by atoms with E-state index in [-0.39, 0.29) is 30.1 Å². The van der Waals surface area contributed by atoms with Crippen molar-refractivity contribution in [2.45, 2.75) is 24.1 Å². The molecule has 1 aromatic heterocycles. The summed E-state index contributed by atoms with van der Waals surface area (Å²) in [6.07, 6.45) is 1.83. The molecule has 0 unspecified atom stereocenters. The van der Waals surface area contributed by atoms with Crippen LogP contribution in [0.25, 0.3) is 0 Å². The number of carbonyl (C=O) groups is 3. The molecular formula is C17H18N4O4S2. The van der Waals surface area contributed by atoms with E-state index in [2.05, 4.69) is 20.8 Å². The van der Waals surface area contributed by atoms with Crippen molar-refractivity contribution in [1.29, 1.82) is 0 Å². The largest absolute Gasteiger partial charge is 0.462 e. The van der Waals surface area contributed by atoms with Crippen molar-refractivity contribution in [2.24, 2.45) is 5.92 Å². The number of hydrogen-bond donors (Lipinski definition) is 2. The maximum absolute atomic E-state index is 12.2. The average molecular weight is 406 g/mol. The Kier molecular flexibility index (Phi) is 6.40. The number of hydrogen-bond acceptors (Lipinski definition) is 8. The van der Waals surface area contributed by atoms with Crippen molar-refractivity contribution in [3.05, 3.63) is 29.8 Å². The number of thioether (sulfide) groups is 1. The van der Waals surface area contributed by atoms with Crippen LogP contribution >= 0.6 is 23.1 Å². The van der Waals surface area contributed by atoms with Gasteiger partial charge in [0, 0.05) is 5.92 Å². The predicted molar refractivity (Wildman–Crippen MR) is 103 cm³/mol. The summed E-state index contributed by atoms with van der Waals surface area (Å²) < 4.78 is 5.57. The third-order valence-electron chi connectivity index (χ3n) is 3.61. The molecule has 0 atom stereocenters. The molecule has 8 nitrogen and oxygen atoms in total. The van der Waals surface area contributed by atoms with E-state index in [1.54, 1.807) is 31.2 Å². The Balaban J connectivity index is 1.52. The average Bonchev–Trinajstić information content (AvgIpc) is 3.41. The number of esters is 1. The van der Waals surface area contributed by atoms with Crippen molar-refractivity contribution in [3.8, 4) is 0 Å². The van der Waals surface area contributed by atoms with E-state index >= 15 is 0 Å². The summed E-state index contributed by atoms with van der Waals surface area (Å²) in [7, 11) is 0. The molecule has 0 spiro atoms. The third kappa shape index (κ3) is 5.51. The van der Waals surface area contributed by atoms with Crippen molar-refractivity contribution < 1.29 is 19.1 Å². The Bertz CT molecular complexity index is 851. The molecule has 10 heteroatoms. The summed E-state index contributed by atoms with van der Waals surface area (Å²) in [5, 5.41) is 13.7. The highest BCUT2D eigenvalue weighted by Gasteiger charge is 2.30. The quantitative estimate of drug-likeness (QED) is 0.394. The number of anilines is 2. The molecule has 1 saturated carbocycles. The summed E-state index contributed by atoms with van der Waals surface area (Å²) in [6.45, 7) is 1.98. The second-order valence-electron chi connectivity index (χ2n) is 5.74. The predicted octanol–water partition coefficient (Wildman–Crippen LogP) is 2.79. The second-order valence-corrected chi connectivity index (χ2v) is 7.94. The lowest BCUT2D eigenvalue weighted by Crippen LogP contribution is -2.17. The molecule has 3 rings (SSSR count). The van der Waals surface area contributed by atoms with E-state index in [1.165, 1.54) is 23.1 Å². The van der Waals surface area contributed by atoms with Gasteiger partial charge in [-0.2, -0.15) is 0 Å². The number of aromatic nitrogens is 2. The summed E-state index contributed by atoms with van der Waals surface area (Å²) >= 11 is 2.43. The third-order valence-corrected chi connectivity index (χ3v) is 5.58. The van der Waals surface area contributed by atoms with Gasteiger partial charge in [0.25, 0.3) is 0 Å². The summed E-state index contributed by atoms with van der Waals surface area (Å²) in [5.74, 6) is -0.606. The fraction of sp³-hybridized carbons (Fsp3) is 0.353. The van der Waals surface area contributed by atoms with Gasteiger partial charge in [-0.25, -0.2) is 4.79 Å². The van der Waals surface area contributed by atoms with Gasteiger partial charge in [-0.05, 0) is 31.9 Å². The van der Waals surface area contributed by atoms with E-state index in [4.69, 9.17) is 4.74 Å². The number of rotatable bonds is 8. The van der Waals surface area contributed by atoms with Crippen LogP contribution < -0.4 is 10.6 Å². The summed E-state index contributed by atoms with van der Waals surface area (Å²) in [6, 6.07) is 6.67. The molecule has 1 aliphatic rings. The SMILES string of the molecule is CCOC(=O)c1ccccc1NC(=O)CSc1nnc(NC(=O)C2CC2)s1. The highest BCUT2D eigenvalue weighted by Crippen LogP contribution is 2.31. The molecule has 27 heavy (non-hydrogen) atoms. The van der Waals surface area contributed by atoms with E-state index in [0.717, 1.165) is 12.8 Å². The van der Waals surface area contributed by atoms with E-state index in [0.29, 0.717) is 20.7 Å². The van der Waals surface area contributed by atoms with Crippen molar-refractivity contribution in [1.82, 2.24) is 10.2 Å². The lowest BCUT2D eigenvalue weighted by molar-refractivity contribution is -0.117. The fourth-order valence-corrected chi connectivity index (χ4v) is 3.72. The molecule has 0 bridgehead atoms. The first kappa shape index (κ1) is 19.3. The lowest BCUT2D eigenvalue weighted by atomic mass is 10.2. The maximum atomic E-state index is 12.2. The van der Waals surface area contributed by atoms with Gasteiger partial charge in [0.05, 0.1) is 23.6 Å². The summed E-state index contributed by atoms with van der Waals surface area (Å²) in [4.78, 5) is 35.8. The number of nitrogens with zero attached hydrogens (tertiary/aromatic N) is 2. The van der Waals surface area contributed by atoms with Gasteiger partial charge in [-0.15, -0.1) is 10.2 Å². The maximum Gasteiger partial charge on any atom is 0.340 e. The molecule has 2 aromatic rings. The van der Waals surface area contributed by atoms with Crippen molar-refractivity contribution >= 4 is 51.7 Å². The number of para-hydroxylation sites is 1. The lowest BCUT2D eigenvalue weighted by Gasteiger charge is -2.09. The van der Waals surface area contributed by atoms with Crippen LogP contribution in [-0.4, -0.2) is 40.3 Å². The molecule has 2 N–H and O–H groups in total. The molecule has 1 aromatic carbocycles. The molecule has 1 fully saturated rings. The van der Waals surface area contributed by atoms with Crippen LogP contribution in [0.1, 0.15) is 30.1 Å². The zero-order valence-corrected chi connectivity index (χ0v) is 16.2. The number of ether oxygens (including phenoxy) is 1. The van der Waals surface area contributed by atoms with Crippen LogP contribution in [0.2, 0.25) is 0 Å². The Hall–Kier alpha value is -2.46. The zero-order chi connectivity index (χ0) is 19.2. The highest BCUT2D eigenvalue weighted by molar-refractivity contribution is 8.01. The highest BCUT2D eigenvalue weighted by atomic mass is 32.2. The molecular weight excluding hydrogens is 388 g/mol. The minimum atomic E-state index is -0.485. The summed E-state index contributed by atoms with van der Waals surface area (Å²) in [5.41, 5.74) is 0.704. The van der Waals surface area contributed by atoms with E-state index in [9.17, 15) is 14.4 Å². The van der Waals surface area contributed by atoms with Crippen LogP contribution in [0.3, 0.4) is 0 Å². The van der Waals surface area contributed by atoms with Gasteiger partial charge < -0.3 is 15.4 Å². The molecule has 0 radical (unpaired) electrons. The first-order valence-electron chi connectivity index (χ1n) is 8.40. The van der Waals surface area contributed by atoms with Gasteiger partial charge in [0.15, 0.2) is 4.34 Å². The smallest absolute Gasteiger partial charge is 0.340 e. The van der Waals surface area contributed by atoms with Crippen LogP contribution in [0.5, 0.6) is 0 Å². The van der Waals surface area contributed by atoms with Gasteiger partial charge in [-0.1, -0.05) is 35.2 Å². The van der Waals surface area contributed by atoms with Crippen LogP contribution in [0.4, 0.5) is 10.8 Å². The standard InChI is InChI=1S/C17H18N4O4S2/c1-2-25-15(24)11-5-3-4-6-12(11)18-13(22)9-26-17-21-20-16(27-17)19-14(23)10-7-8-10/h3-6,10H,2,7-9H2,1H3,(H,18,22)(H,19,20,23). The topological polar surface area (TPSA) is 110 Å². The molecule has 142 valence electrons. The number of nitrogens with one attached hydrogen (secondary N) is 2. The molecule has 2 amide bonds. The molecule has 0 aliphatic heterocycles. The fourth-order valence-electron chi connectivity index (χ4n) is 2.16. The van der Waals surface area contributed by atoms with Crippen LogP contribution in [-0.2, 0) is 14.3 Å². The second kappa shape index (κ2) is 8.96. The Labute approximate surface area is 164 Å². The minimum absolute atomic E-state index is 0.0315. The normalized spacial score (nSPS) is 13.1. The molecule has 1 heterocycles. The van der Waals surface area contributed by atoms with Gasteiger partial charge in [0.1, 0.15) is 0 Å². The minimum Gasteiger partial charge on any atom is -0.462 e. The van der Waals surface area contributed by atoms with Crippen LogP contribution in [0, 0.1) is 5.92 Å². The number of benzene rings is 1. The van der Waals surface area contributed by atoms with Crippen molar-refractivity contribution in [2.75, 3.05) is 23.0 Å². The molecule has 0 saturated heterocycles. The van der Waals surface area contributed by atoms with Gasteiger partial charge in [0.2, 0.25) is 16.9 Å². The Morgan fingerprint density at radius 1 is 1.22 bits per heavy atom. The van der Waals surface area contributed by atoms with Gasteiger partial charge in [-0.3, -0.25) is 9.59 Å². The Morgan fingerprint density at radius 2 is 2.00 bits per heavy atom. The number of amides is 2. The first-order chi connectivity index (χ1) is 13.1.